The molecule has 140 valence electrons. The minimum absolute atomic E-state index is 0.159. The summed E-state index contributed by atoms with van der Waals surface area (Å²) >= 11 is 0. The molecule has 4 rings (SSSR count). The third-order valence-corrected chi connectivity index (χ3v) is 4.01. The Morgan fingerprint density at radius 3 is 2.85 bits per heavy atom. The van der Waals surface area contributed by atoms with Crippen LogP contribution >= 0.6 is 0 Å². The standard InChI is InChI=1S/C17H15F3N6O/c1-26-8-14-23-15(21-7-13-6-12(26)9-27-13)25-16(24-14)22-11-4-2-3-10(5-11)17(18,19)20/h2-6,9H,7-8H2,1H3,(H2,21,22,23,24,25). The van der Waals surface area contributed by atoms with Crippen molar-refractivity contribution in [3.05, 3.63) is 53.7 Å². The number of nitrogens with one attached hydrogen (secondary N) is 2. The summed E-state index contributed by atoms with van der Waals surface area (Å²) in [7, 11) is 1.87. The lowest BCUT2D eigenvalue weighted by atomic mass is 10.2. The van der Waals surface area contributed by atoms with Gasteiger partial charge in [0.05, 0.1) is 24.3 Å². The van der Waals surface area contributed by atoms with Crippen LogP contribution in [0.2, 0.25) is 0 Å². The van der Waals surface area contributed by atoms with Crippen LogP contribution in [-0.4, -0.2) is 22.0 Å². The van der Waals surface area contributed by atoms with Gasteiger partial charge in [0.1, 0.15) is 12.0 Å². The lowest BCUT2D eigenvalue weighted by Gasteiger charge is -2.17. The van der Waals surface area contributed by atoms with Crippen molar-refractivity contribution in [3.8, 4) is 0 Å². The van der Waals surface area contributed by atoms with Gasteiger partial charge >= 0.3 is 6.18 Å². The van der Waals surface area contributed by atoms with E-state index in [1.807, 2.05) is 18.0 Å². The Morgan fingerprint density at radius 2 is 2.04 bits per heavy atom. The number of hydrogen-bond donors (Lipinski definition) is 2. The van der Waals surface area contributed by atoms with Crippen LogP contribution in [0.15, 0.2) is 41.0 Å². The molecule has 0 atom stereocenters. The summed E-state index contributed by atoms with van der Waals surface area (Å²) in [6, 6.07) is 6.77. The summed E-state index contributed by atoms with van der Waals surface area (Å²) in [5.74, 6) is 1.65. The molecular weight excluding hydrogens is 361 g/mol. The molecular formula is C17H15F3N6O. The van der Waals surface area contributed by atoms with Crippen molar-refractivity contribution in [2.24, 2.45) is 0 Å². The van der Waals surface area contributed by atoms with Crippen LogP contribution in [0.4, 0.5) is 36.4 Å². The van der Waals surface area contributed by atoms with Crippen LogP contribution in [-0.2, 0) is 19.3 Å². The van der Waals surface area contributed by atoms with Crippen LogP contribution in [0.25, 0.3) is 0 Å². The van der Waals surface area contributed by atoms with E-state index in [-0.39, 0.29) is 11.6 Å². The number of furan rings is 1. The zero-order valence-electron chi connectivity index (χ0n) is 14.2. The predicted octanol–water partition coefficient (Wildman–Crippen LogP) is 3.79. The van der Waals surface area contributed by atoms with Crippen molar-refractivity contribution in [2.75, 3.05) is 22.6 Å². The minimum atomic E-state index is -4.42. The van der Waals surface area contributed by atoms with Gasteiger partial charge in [-0.05, 0) is 18.2 Å². The van der Waals surface area contributed by atoms with E-state index in [1.54, 1.807) is 6.26 Å². The van der Waals surface area contributed by atoms with E-state index in [0.717, 1.165) is 17.8 Å². The first kappa shape index (κ1) is 17.1. The Hall–Kier alpha value is -3.30. The third kappa shape index (κ3) is 3.78. The molecule has 4 bridgehead atoms. The number of aromatic nitrogens is 3. The molecule has 3 heterocycles. The van der Waals surface area contributed by atoms with E-state index in [4.69, 9.17) is 4.42 Å². The Balaban J connectivity index is 1.63. The van der Waals surface area contributed by atoms with Crippen molar-refractivity contribution >= 4 is 23.3 Å². The fourth-order valence-electron chi connectivity index (χ4n) is 2.66. The monoisotopic (exact) mass is 376 g/mol. The molecule has 0 saturated heterocycles. The first-order chi connectivity index (χ1) is 12.9. The van der Waals surface area contributed by atoms with E-state index in [1.165, 1.54) is 12.1 Å². The first-order valence-corrected chi connectivity index (χ1v) is 8.08. The molecule has 1 aliphatic rings. The smallest absolute Gasteiger partial charge is 0.416 e. The maximum absolute atomic E-state index is 12.9. The SMILES string of the molecule is CN1Cc2nc(nc(Nc3cccc(C(F)(F)F)c3)n2)NCc2cc1co2. The van der Waals surface area contributed by atoms with E-state index in [2.05, 4.69) is 25.6 Å². The second kappa shape index (κ2) is 6.45. The van der Waals surface area contributed by atoms with Crippen molar-refractivity contribution in [1.29, 1.82) is 0 Å². The van der Waals surface area contributed by atoms with Crippen molar-refractivity contribution in [2.45, 2.75) is 19.3 Å². The molecule has 0 fully saturated rings. The average molecular weight is 376 g/mol. The van der Waals surface area contributed by atoms with Crippen LogP contribution in [0.5, 0.6) is 0 Å². The van der Waals surface area contributed by atoms with Gasteiger partial charge in [0, 0.05) is 18.8 Å². The van der Waals surface area contributed by atoms with Crippen molar-refractivity contribution < 1.29 is 17.6 Å². The first-order valence-electron chi connectivity index (χ1n) is 8.08. The largest absolute Gasteiger partial charge is 0.465 e. The van der Waals surface area contributed by atoms with Crippen molar-refractivity contribution in [3.63, 3.8) is 0 Å². The highest BCUT2D eigenvalue weighted by atomic mass is 19.4. The molecule has 10 heteroatoms. The summed E-state index contributed by atoms with van der Waals surface area (Å²) < 4.78 is 44.2. The second-order valence-corrected chi connectivity index (χ2v) is 6.08. The molecule has 1 aliphatic heterocycles. The number of rotatable bonds is 2. The molecule has 2 N–H and O–H groups in total. The molecule has 27 heavy (non-hydrogen) atoms. The van der Waals surface area contributed by atoms with E-state index in [9.17, 15) is 13.2 Å². The van der Waals surface area contributed by atoms with Crippen LogP contribution in [0.3, 0.4) is 0 Å². The van der Waals surface area contributed by atoms with E-state index < -0.39 is 11.7 Å². The number of nitrogens with zero attached hydrogens (tertiary/aromatic N) is 4. The maximum Gasteiger partial charge on any atom is 0.416 e. The third-order valence-electron chi connectivity index (χ3n) is 4.01. The minimum Gasteiger partial charge on any atom is -0.465 e. The Kier molecular flexibility index (Phi) is 4.09. The quantitative estimate of drug-likeness (QED) is 0.704. The molecule has 7 nitrogen and oxygen atoms in total. The van der Waals surface area contributed by atoms with E-state index >= 15 is 0 Å². The van der Waals surface area contributed by atoms with Gasteiger partial charge in [-0.25, -0.2) is 0 Å². The number of halogens is 3. The van der Waals surface area contributed by atoms with E-state index in [0.29, 0.717) is 30.6 Å². The maximum atomic E-state index is 12.9. The van der Waals surface area contributed by atoms with Crippen LogP contribution in [0, 0.1) is 0 Å². The summed E-state index contributed by atoms with van der Waals surface area (Å²) in [6.45, 7) is 0.758. The van der Waals surface area contributed by atoms with Gasteiger partial charge in [-0.15, -0.1) is 0 Å². The summed E-state index contributed by atoms with van der Waals surface area (Å²) in [5.41, 5.74) is 0.368. The molecule has 0 aliphatic carbocycles. The topological polar surface area (TPSA) is 79.1 Å². The second-order valence-electron chi connectivity index (χ2n) is 6.08. The fourth-order valence-corrected chi connectivity index (χ4v) is 2.66. The lowest BCUT2D eigenvalue weighted by Crippen LogP contribution is -2.20. The number of benzene rings is 1. The predicted molar refractivity (Wildman–Crippen MR) is 92.7 cm³/mol. The Bertz CT molecular complexity index is 971. The molecule has 0 saturated carbocycles. The van der Waals surface area contributed by atoms with Gasteiger partial charge in [0.25, 0.3) is 0 Å². The molecule has 2 aromatic heterocycles. The van der Waals surface area contributed by atoms with Crippen LogP contribution in [0.1, 0.15) is 17.1 Å². The summed E-state index contributed by atoms with van der Waals surface area (Å²) in [5, 5.41) is 5.85. The number of alkyl halides is 3. The highest BCUT2D eigenvalue weighted by Gasteiger charge is 2.30. The van der Waals surface area contributed by atoms with Gasteiger partial charge in [-0.2, -0.15) is 28.1 Å². The number of anilines is 4. The molecule has 0 unspecified atom stereocenters. The van der Waals surface area contributed by atoms with Gasteiger partial charge in [-0.3, -0.25) is 0 Å². The van der Waals surface area contributed by atoms with Gasteiger partial charge in [0.2, 0.25) is 11.9 Å². The molecule has 0 radical (unpaired) electrons. The van der Waals surface area contributed by atoms with Gasteiger partial charge < -0.3 is 20.0 Å². The highest BCUT2D eigenvalue weighted by molar-refractivity contribution is 5.56. The van der Waals surface area contributed by atoms with Gasteiger partial charge in [-0.1, -0.05) is 6.07 Å². The van der Waals surface area contributed by atoms with Crippen LogP contribution < -0.4 is 15.5 Å². The average Bonchev–Trinajstić information content (AvgIpc) is 3.08. The molecule has 0 spiro atoms. The van der Waals surface area contributed by atoms with Crippen molar-refractivity contribution in [1.82, 2.24) is 15.0 Å². The zero-order valence-corrected chi connectivity index (χ0v) is 14.2. The Labute approximate surface area is 152 Å². The number of hydrogen-bond acceptors (Lipinski definition) is 7. The molecule has 0 amide bonds. The van der Waals surface area contributed by atoms with Gasteiger partial charge in [0.15, 0.2) is 5.82 Å². The Morgan fingerprint density at radius 1 is 1.19 bits per heavy atom. The molecule has 1 aromatic carbocycles. The summed E-state index contributed by atoms with van der Waals surface area (Å²) in [6.07, 6.45) is -2.78. The zero-order chi connectivity index (χ0) is 19.0. The molecule has 3 aromatic rings. The normalized spacial score (nSPS) is 13.9. The lowest BCUT2D eigenvalue weighted by molar-refractivity contribution is -0.137. The summed E-state index contributed by atoms with van der Waals surface area (Å²) in [4.78, 5) is 14.8. The fraction of sp³-hybridized carbons (Fsp3) is 0.235. The number of fused-ring (bicyclic) bond motifs is 4. The highest BCUT2D eigenvalue weighted by Crippen LogP contribution is 2.31.